The van der Waals surface area contributed by atoms with E-state index in [1.807, 2.05) is 45.0 Å². The highest BCUT2D eigenvalue weighted by atomic mass is 31.2. The number of benzene rings is 2. The van der Waals surface area contributed by atoms with Gasteiger partial charge < -0.3 is 9.05 Å². The van der Waals surface area contributed by atoms with Crippen LogP contribution in [0.3, 0.4) is 0 Å². The first kappa shape index (κ1) is 16.1. The SMILES string of the molecule is CCOP(=O)(OCC)c1ccc2nc(C)c3ccccc3c2c1. The molecule has 1 aromatic heterocycles. The van der Waals surface area contributed by atoms with E-state index in [9.17, 15) is 4.57 Å². The lowest BCUT2D eigenvalue weighted by molar-refractivity contribution is 0.230. The molecular weight excluding hydrogens is 309 g/mol. The maximum Gasteiger partial charge on any atom is 0.361 e. The van der Waals surface area contributed by atoms with Crippen LogP contribution in [-0.2, 0) is 13.6 Å². The van der Waals surface area contributed by atoms with Crippen molar-refractivity contribution >= 4 is 34.6 Å². The molecule has 4 nitrogen and oxygen atoms in total. The molecule has 1 heterocycles. The maximum absolute atomic E-state index is 13.0. The molecule has 0 unspecified atom stereocenters. The topological polar surface area (TPSA) is 48.4 Å². The number of aryl methyl sites for hydroxylation is 1. The molecule has 0 aliphatic rings. The second-order valence-corrected chi connectivity index (χ2v) is 7.30. The highest BCUT2D eigenvalue weighted by molar-refractivity contribution is 7.62. The fraction of sp³-hybridized carbons (Fsp3) is 0.278. The Hall–Kier alpha value is -1.74. The molecule has 0 saturated heterocycles. The molecule has 0 atom stereocenters. The van der Waals surface area contributed by atoms with Crippen molar-refractivity contribution in [1.29, 1.82) is 0 Å². The Bertz CT molecular complexity index is 897. The predicted octanol–water partition coefficient (Wildman–Crippen LogP) is 4.59. The van der Waals surface area contributed by atoms with Gasteiger partial charge in [0.15, 0.2) is 0 Å². The number of rotatable bonds is 5. The monoisotopic (exact) mass is 329 g/mol. The van der Waals surface area contributed by atoms with Crippen LogP contribution in [0.2, 0.25) is 0 Å². The predicted molar refractivity (Wildman–Crippen MR) is 94.5 cm³/mol. The van der Waals surface area contributed by atoms with Crippen LogP contribution in [-0.4, -0.2) is 18.2 Å². The lowest BCUT2D eigenvalue weighted by atomic mass is 10.0. The Morgan fingerprint density at radius 1 is 0.957 bits per heavy atom. The molecule has 120 valence electrons. The van der Waals surface area contributed by atoms with Gasteiger partial charge in [0.25, 0.3) is 0 Å². The van der Waals surface area contributed by atoms with E-state index in [1.165, 1.54) is 0 Å². The minimum atomic E-state index is -3.29. The van der Waals surface area contributed by atoms with Crippen molar-refractivity contribution in [2.24, 2.45) is 0 Å². The highest BCUT2D eigenvalue weighted by Crippen LogP contribution is 2.47. The Labute approximate surface area is 136 Å². The third kappa shape index (κ3) is 2.90. The fourth-order valence-electron chi connectivity index (χ4n) is 2.81. The molecule has 0 aliphatic carbocycles. The lowest BCUT2D eigenvalue weighted by Gasteiger charge is -2.18. The number of fused-ring (bicyclic) bond motifs is 3. The molecule has 0 bridgehead atoms. The van der Waals surface area contributed by atoms with Gasteiger partial charge in [0, 0.05) is 16.5 Å². The summed E-state index contributed by atoms with van der Waals surface area (Å²) in [5.41, 5.74) is 1.86. The van der Waals surface area contributed by atoms with Crippen molar-refractivity contribution in [1.82, 2.24) is 4.98 Å². The van der Waals surface area contributed by atoms with Gasteiger partial charge in [0.05, 0.1) is 24.0 Å². The second-order valence-electron chi connectivity index (χ2n) is 5.28. The Kier molecular flexibility index (Phi) is 4.49. The number of hydrogen-bond donors (Lipinski definition) is 0. The van der Waals surface area contributed by atoms with Gasteiger partial charge in [0.2, 0.25) is 0 Å². The van der Waals surface area contributed by atoms with Crippen LogP contribution in [0.5, 0.6) is 0 Å². The zero-order chi connectivity index (χ0) is 16.4. The highest BCUT2D eigenvalue weighted by Gasteiger charge is 2.27. The van der Waals surface area contributed by atoms with Gasteiger partial charge in [-0.15, -0.1) is 0 Å². The molecule has 23 heavy (non-hydrogen) atoms. The number of nitrogens with zero attached hydrogens (tertiary/aromatic N) is 1. The number of pyridine rings is 1. The molecule has 3 aromatic rings. The summed E-state index contributed by atoms with van der Waals surface area (Å²) in [5, 5.41) is 3.73. The maximum atomic E-state index is 13.0. The quantitative estimate of drug-likeness (QED) is 0.507. The molecule has 0 radical (unpaired) electrons. The smallest absolute Gasteiger partial charge is 0.305 e. The van der Waals surface area contributed by atoms with Crippen LogP contribution in [0.15, 0.2) is 42.5 Å². The van der Waals surface area contributed by atoms with E-state index in [0.717, 1.165) is 27.4 Å². The first-order chi connectivity index (χ1) is 11.1. The summed E-state index contributed by atoms with van der Waals surface area (Å²) < 4.78 is 23.9. The third-order valence-corrected chi connectivity index (χ3v) is 5.90. The average Bonchev–Trinajstić information content (AvgIpc) is 2.55. The average molecular weight is 329 g/mol. The molecule has 3 rings (SSSR count). The molecule has 0 aliphatic heterocycles. The molecule has 0 fully saturated rings. The molecule has 0 N–H and O–H groups in total. The van der Waals surface area contributed by atoms with Crippen molar-refractivity contribution in [3.05, 3.63) is 48.2 Å². The Morgan fingerprint density at radius 2 is 1.61 bits per heavy atom. The summed E-state index contributed by atoms with van der Waals surface area (Å²) in [7, 11) is -3.29. The summed E-state index contributed by atoms with van der Waals surface area (Å²) in [4.78, 5) is 4.65. The van der Waals surface area contributed by atoms with Crippen LogP contribution < -0.4 is 5.30 Å². The van der Waals surface area contributed by atoms with E-state index in [1.54, 1.807) is 6.07 Å². The minimum Gasteiger partial charge on any atom is -0.305 e. The van der Waals surface area contributed by atoms with Gasteiger partial charge in [-0.2, -0.15) is 0 Å². The van der Waals surface area contributed by atoms with Gasteiger partial charge in [-0.3, -0.25) is 9.55 Å². The summed E-state index contributed by atoms with van der Waals surface area (Å²) in [6, 6.07) is 13.7. The Morgan fingerprint density at radius 3 is 2.26 bits per heavy atom. The summed E-state index contributed by atoms with van der Waals surface area (Å²) >= 11 is 0. The van der Waals surface area contributed by atoms with Gasteiger partial charge >= 0.3 is 7.60 Å². The van der Waals surface area contributed by atoms with Gasteiger partial charge in [-0.1, -0.05) is 24.3 Å². The second kappa shape index (κ2) is 6.40. The van der Waals surface area contributed by atoms with Crippen molar-refractivity contribution in [2.75, 3.05) is 13.2 Å². The molecule has 0 saturated carbocycles. The van der Waals surface area contributed by atoms with Crippen LogP contribution in [0, 0.1) is 6.92 Å². The largest absolute Gasteiger partial charge is 0.361 e. The minimum absolute atomic E-state index is 0.336. The number of aromatic nitrogens is 1. The van der Waals surface area contributed by atoms with Crippen molar-refractivity contribution in [2.45, 2.75) is 20.8 Å². The van der Waals surface area contributed by atoms with E-state index >= 15 is 0 Å². The van der Waals surface area contributed by atoms with Crippen molar-refractivity contribution < 1.29 is 13.6 Å². The van der Waals surface area contributed by atoms with E-state index in [2.05, 4.69) is 17.1 Å². The van der Waals surface area contributed by atoms with Crippen molar-refractivity contribution in [3.8, 4) is 0 Å². The zero-order valence-corrected chi connectivity index (χ0v) is 14.5. The summed E-state index contributed by atoms with van der Waals surface area (Å²) in [6.45, 7) is 6.30. The first-order valence-electron chi connectivity index (χ1n) is 7.78. The summed E-state index contributed by atoms with van der Waals surface area (Å²) in [5.74, 6) is 0. The summed E-state index contributed by atoms with van der Waals surface area (Å²) in [6.07, 6.45) is 0. The van der Waals surface area contributed by atoms with Crippen LogP contribution in [0.4, 0.5) is 0 Å². The third-order valence-electron chi connectivity index (χ3n) is 3.79. The molecule has 0 amide bonds. The fourth-order valence-corrected chi connectivity index (χ4v) is 4.41. The molecule has 0 spiro atoms. The van der Waals surface area contributed by atoms with Crippen LogP contribution in [0.25, 0.3) is 21.7 Å². The van der Waals surface area contributed by atoms with E-state index in [4.69, 9.17) is 9.05 Å². The first-order valence-corrected chi connectivity index (χ1v) is 9.32. The molecule has 2 aromatic carbocycles. The van der Waals surface area contributed by atoms with E-state index in [-0.39, 0.29) is 0 Å². The molecule has 5 heteroatoms. The van der Waals surface area contributed by atoms with Crippen molar-refractivity contribution in [3.63, 3.8) is 0 Å². The Balaban J connectivity index is 2.27. The van der Waals surface area contributed by atoms with Crippen LogP contribution in [0.1, 0.15) is 19.5 Å². The van der Waals surface area contributed by atoms with Gasteiger partial charge in [-0.25, -0.2) is 0 Å². The van der Waals surface area contributed by atoms with E-state index < -0.39 is 7.60 Å². The zero-order valence-electron chi connectivity index (χ0n) is 13.6. The standard InChI is InChI=1S/C18H20NO3P/c1-4-21-23(20,22-5-2)14-10-11-18-17(12-14)16-9-7-6-8-15(16)13(3)19-18/h6-12H,4-5H2,1-3H3. The normalized spacial score (nSPS) is 12.1. The van der Waals surface area contributed by atoms with Crippen LogP contribution >= 0.6 is 7.60 Å². The van der Waals surface area contributed by atoms with E-state index in [0.29, 0.717) is 18.5 Å². The van der Waals surface area contributed by atoms with Gasteiger partial charge in [-0.05, 0) is 44.4 Å². The molecular formula is C18H20NO3P. The van der Waals surface area contributed by atoms with Gasteiger partial charge in [0.1, 0.15) is 0 Å². The lowest BCUT2D eigenvalue weighted by Crippen LogP contribution is -2.10. The number of hydrogen-bond acceptors (Lipinski definition) is 4.